The first kappa shape index (κ1) is 14.9. The van der Waals surface area contributed by atoms with E-state index in [0.29, 0.717) is 12.8 Å². The van der Waals surface area contributed by atoms with Gasteiger partial charge in [0.2, 0.25) is 0 Å². The van der Waals surface area contributed by atoms with E-state index in [1.54, 1.807) is 12.1 Å². The minimum absolute atomic E-state index is 0.0465. The summed E-state index contributed by atoms with van der Waals surface area (Å²) >= 11 is 0. The Balaban J connectivity index is 2.41. The molecule has 0 spiro atoms. The van der Waals surface area contributed by atoms with Crippen molar-refractivity contribution in [3.63, 3.8) is 0 Å². The molecule has 4 heteroatoms. The number of benzene rings is 1. The number of carbonyl (C=O) groups is 1. The molecule has 1 heterocycles. The Labute approximate surface area is 120 Å². The average molecular weight is 277 g/mol. The van der Waals surface area contributed by atoms with Gasteiger partial charge in [-0.15, -0.1) is 0 Å². The molecule has 1 fully saturated rings. The molecule has 0 saturated carbocycles. The molecule has 1 aliphatic heterocycles. The maximum Gasteiger partial charge on any atom is 0.324 e. The van der Waals surface area contributed by atoms with Crippen LogP contribution in [-0.2, 0) is 4.79 Å². The monoisotopic (exact) mass is 277 g/mol. The zero-order valence-electron chi connectivity index (χ0n) is 12.2. The van der Waals surface area contributed by atoms with Crippen molar-refractivity contribution in [3.8, 4) is 5.75 Å². The molecule has 2 atom stereocenters. The maximum absolute atomic E-state index is 11.8. The second kappa shape index (κ2) is 5.83. The third kappa shape index (κ3) is 2.29. The van der Waals surface area contributed by atoms with E-state index >= 15 is 0 Å². The van der Waals surface area contributed by atoms with E-state index in [-0.39, 0.29) is 11.8 Å². The SMILES string of the molecule is CCC(c1ccccc1O)N1CCCC1(CC)C(=O)O. The third-order valence-corrected chi connectivity index (χ3v) is 4.58. The Hall–Kier alpha value is -1.55. The number of para-hydroxylation sites is 1. The lowest BCUT2D eigenvalue weighted by Gasteiger charge is -2.39. The molecular weight excluding hydrogens is 254 g/mol. The van der Waals surface area contributed by atoms with E-state index in [9.17, 15) is 15.0 Å². The summed E-state index contributed by atoms with van der Waals surface area (Å²) in [4.78, 5) is 13.9. The van der Waals surface area contributed by atoms with Crippen LogP contribution < -0.4 is 0 Å². The van der Waals surface area contributed by atoms with Crippen LogP contribution >= 0.6 is 0 Å². The van der Waals surface area contributed by atoms with Gasteiger partial charge in [0, 0.05) is 11.6 Å². The molecule has 1 aliphatic rings. The molecule has 2 unspecified atom stereocenters. The van der Waals surface area contributed by atoms with Crippen LogP contribution in [0.4, 0.5) is 0 Å². The quantitative estimate of drug-likeness (QED) is 0.868. The van der Waals surface area contributed by atoms with Crippen molar-refractivity contribution >= 4 is 5.97 Å². The number of aliphatic carboxylic acids is 1. The van der Waals surface area contributed by atoms with Crippen LogP contribution in [-0.4, -0.2) is 33.2 Å². The number of nitrogens with zero attached hydrogens (tertiary/aromatic N) is 1. The predicted octanol–water partition coefficient (Wildman–Crippen LogP) is 3.17. The van der Waals surface area contributed by atoms with Crippen LogP contribution in [0.5, 0.6) is 5.75 Å². The van der Waals surface area contributed by atoms with E-state index in [1.807, 2.05) is 26.0 Å². The van der Waals surface area contributed by atoms with Crippen LogP contribution in [0.25, 0.3) is 0 Å². The summed E-state index contributed by atoms with van der Waals surface area (Å²) < 4.78 is 0. The van der Waals surface area contributed by atoms with E-state index in [0.717, 1.165) is 24.9 Å². The lowest BCUT2D eigenvalue weighted by molar-refractivity contribution is -0.151. The first-order valence-corrected chi connectivity index (χ1v) is 7.34. The van der Waals surface area contributed by atoms with Crippen molar-refractivity contribution in [2.45, 2.75) is 51.1 Å². The number of carboxylic acids is 1. The minimum Gasteiger partial charge on any atom is -0.508 e. The Bertz CT molecular complexity index is 488. The normalized spacial score (nSPS) is 24.7. The number of carboxylic acid groups (broad SMARTS) is 1. The number of phenols is 1. The van der Waals surface area contributed by atoms with Crippen molar-refractivity contribution < 1.29 is 15.0 Å². The lowest BCUT2D eigenvalue weighted by Crippen LogP contribution is -2.51. The van der Waals surface area contributed by atoms with Gasteiger partial charge in [-0.25, -0.2) is 0 Å². The summed E-state index contributed by atoms with van der Waals surface area (Å²) in [6.07, 6.45) is 2.95. The molecule has 1 saturated heterocycles. The van der Waals surface area contributed by atoms with Crippen LogP contribution in [0.3, 0.4) is 0 Å². The molecule has 2 N–H and O–H groups in total. The van der Waals surface area contributed by atoms with Crippen LogP contribution in [0.2, 0.25) is 0 Å². The van der Waals surface area contributed by atoms with Gasteiger partial charge in [0.1, 0.15) is 11.3 Å². The van der Waals surface area contributed by atoms with Crippen molar-refractivity contribution in [2.24, 2.45) is 0 Å². The molecule has 4 nitrogen and oxygen atoms in total. The van der Waals surface area contributed by atoms with Gasteiger partial charge < -0.3 is 10.2 Å². The smallest absolute Gasteiger partial charge is 0.324 e. The summed E-state index contributed by atoms with van der Waals surface area (Å²) in [5.74, 6) is -0.493. The Morgan fingerprint density at radius 3 is 2.65 bits per heavy atom. The summed E-state index contributed by atoms with van der Waals surface area (Å²) in [5, 5.41) is 19.8. The van der Waals surface area contributed by atoms with Crippen LogP contribution in [0.1, 0.15) is 51.1 Å². The van der Waals surface area contributed by atoms with E-state index in [1.165, 1.54) is 0 Å². The zero-order chi connectivity index (χ0) is 14.8. The van der Waals surface area contributed by atoms with Gasteiger partial charge in [0.05, 0.1) is 0 Å². The van der Waals surface area contributed by atoms with E-state index in [2.05, 4.69) is 4.90 Å². The van der Waals surface area contributed by atoms with Gasteiger partial charge in [0.25, 0.3) is 0 Å². The highest BCUT2D eigenvalue weighted by molar-refractivity contribution is 5.79. The number of hydrogen-bond donors (Lipinski definition) is 2. The first-order chi connectivity index (χ1) is 9.56. The summed E-state index contributed by atoms with van der Waals surface area (Å²) in [6, 6.07) is 7.20. The van der Waals surface area contributed by atoms with Gasteiger partial charge in [0.15, 0.2) is 0 Å². The fourth-order valence-electron chi connectivity index (χ4n) is 3.49. The van der Waals surface area contributed by atoms with E-state index < -0.39 is 11.5 Å². The molecule has 0 bridgehead atoms. The molecule has 1 aromatic carbocycles. The van der Waals surface area contributed by atoms with Crippen molar-refractivity contribution in [2.75, 3.05) is 6.54 Å². The Morgan fingerprint density at radius 2 is 2.10 bits per heavy atom. The Kier molecular flexibility index (Phi) is 4.33. The zero-order valence-corrected chi connectivity index (χ0v) is 12.2. The molecule has 20 heavy (non-hydrogen) atoms. The van der Waals surface area contributed by atoms with Gasteiger partial charge in [-0.05, 0) is 38.3 Å². The second-order valence-corrected chi connectivity index (χ2v) is 5.47. The summed E-state index contributed by atoms with van der Waals surface area (Å²) in [5.41, 5.74) is 0.0409. The fraction of sp³-hybridized carbons (Fsp3) is 0.562. The molecule has 0 aromatic heterocycles. The molecule has 1 aromatic rings. The van der Waals surface area contributed by atoms with Crippen LogP contribution in [0, 0.1) is 0 Å². The van der Waals surface area contributed by atoms with Crippen LogP contribution in [0.15, 0.2) is 24.3 Å². The van der Waals surface area contributed by atoms with Gasteiger partial charge in [-0.1, -0.05) is 32.0 Å². The van der Waals surface area contributed by atoms with Gasteiger partial charge in [-0.2, -0.15) is 0 Å². The highest BCUT2D eigenvalue weighted by Crippen LogP contribution is 2.42. The molecular formula is C16H23NO3. The maximum atomic E-state index is 11.8. The molecule has 0 amide bonds. The lowest BCUT2D eigenvalue weighted by atomic mass is 9.89. The number of rotatable bonds is 5. The van der Waals surface area contributed by atoms with E-state index in [4.69, 9.17) is 0 Å². The minimum atomic E-state index is -0.789. The standard InChI is InChI=1S/C16H23NO3/c1-3-13(12-8-5-6-9-14(12)18)17-11-7-10-16(17,4-2)15(19)20/h5-6,8-9,13,18H,3-4,7,10-11H2,1-2H3,(H,19,20). The number of hydrogen-bond acceptors (Lipinski definition) is 3. The Morgan fingerprint density at radius 1 is 1.40 bits per heavy atom. The van der Waals surface area contributed by atoms with Crippen molar-refractivity contribution in [3.05, 3.63) is 29.8 Å². The topological polar surface area (TPSA) is 60.8 Å². The predicted molar refractivity (Wildman–Crippen MR) is 77.7 cm³/mol. The van der Waals surface area contributed by atoms with Gasteiger partial charge in [-0.3, -0.25) is 9.69 Å². The second-order valence-electron chi connectivity index (χ2n) is 5.47. The number of phenolic OH excluding ortho intramolecular Hbond substituents is 1. The van der Waals surface area contributed by atoms with Gasteiger partial charge >= 0.3 is 5.97 Å². The third-order valence-electron chi connectivity index (χ3n) is 4.58. The molecule has 110 valence electrons. The first-order valence-electron chi connectivity index (χ1n) is 7.34. The highest BCUT2D eigenvalue weighted by atomic mass is 16.4. The number of likely N-dealkylation sites (tertiary alicyclic amines) is 1. The fourth-order valence-corrected chi connectivity index (χ4v) is 3.49. The molecule has 0 aliphatic carbocycles. The largest absolute Gasteiger partial charge is 0.508 e. The average Bonchev–Trinajstić information content (AvgIpc) is 2.87. The van der Waals surface area contributed by atoms with Crippen molar-refractivity contribution in [1.82, 2.24) is 4.90 Å². The summed E-state index contributed by atoms with van der Waals surface area (Å²) in [6.45, 7) is 4.74. The van der Waals surface area contributed by atoms with Crippen molar-refractivity contribution in [1.29, 1.82) is 0 Å². The number of aromatic hydroxyl groups is 1. The highest BCUT2D eigenvalue weighted by Gasteiger charge is 2.49. The molecule has 0 radical (unpaired) electrons. The summed E-state index contributed by atoms with van der Waals surface area (Å²) in [7, 11) is 0. The molecule has 2 rings (SSSR count).